The van der Waals surface area contributed by atoms with Crippen LogP contribution in [0.15, 0.2) is 52.4 Å². The van der Waals surface area contributed by atoms with Gasteiger partial charge in [-0.1, -0.05) is 24.3 Å². The monoisotopic (exact) mass is 744 g/mol. The number of halogens is 2. The summed E-state index contributed by atoms with van der Waals surface area (Å²) in [4.78, 5) is 59.4. The van der Waals surface area contributed by atoms with Gasteiger partial charge in [-0.15, -0.1) is 0 Å². The Morgan fingerprint density at radius 1 is 0.963 bits per heavy atom. The molecule has 2 unspecified atom stereocenters. The van der Waals surface area contributed by atoms with Gasteiger partial charge in [0.2, 0.25) is 17.7 Å². The fraction of sp³-hybridized carbons (Fsp3) is 0.475. The number of ether oxygens (including phenoxy) is 2. The molecule has 1 N–H and O–H groups in total. The van der Waals surface area contributed by atoms with Crippen molar-refractivity contribution >= 4 is 23.9 Å². The maximum absolute atomic E-state index is 15.6. The first-order valence-electron chi connectivity index (χ1n) is 18.4. The highest BCUT2D eigenvalue weighted by molar-refractivity contribution is 5.98. The van der Waals surface area contributed by atoms with Crippen LogP contribution in [0.1, 0.15) is 53.0 Å². The van der Waals surface area contributed by atoms with Gasteiger partial charge in [0.05, 0.1) is 45.3 Å². The van der Waals surface area contributed by atoms with Crippen LogP contribution in [0.2, 0.25) is 0 Å². The number of hydrogen-bond donors (Lipinski definition) is 1. The maximum atomic E-state index is 15.6. The lowest BCUT2D eigenvalue weighted by molar-refractivity contribution is -0.138. The molecule has 1 aromatic heterocycles. The summed E-state index contributed by atoms with van der Waals surface area (Å²) in [5.41, 5.74) is 5.39. The molecule has 0 bridgehead atoms. The minimum atomic E-state index is -3.01. The molecule has 3 saturated heterocycles. The van der Waals surface area contributed by atoms with E-state index in [4.69, 9.17) is 9.47 Å². The quantitative estimate of drug-likeness (QED) is 0.314. The Kier molecular flexibility index (Phi) is 10.7. The number of benzene rings is 2. The number of aliphatic imine (C=N–C) groups is 1. The van der Waals surface area contributed by atoms with E-state index in [1.54, 1.807) is 72.3 Å². The zero-order chi connectivity index (χ0) is 38.1. The molecule has 3 amide bonds. The molecular formula is C40H46F2N6O6. The van der Waals surface area contributed by atoms with Crippen molar-refractivity contribution in [1.29, 1.82) is 0 Å². The Morgan fingerprint density at radius 2 is 1.67 bits per heavy atom. The Morgan fingerprint density at radius 3 is 2.31 bits per heavy atom. The van der Waals surface area contributed by atoms with Crippen LogP contribution in [0.4, 0.5) is 8.78 Å². The second kappa shape index (κ2) is 15.4. The van der Waals surface area contributed by atoms with Gasteiger partial charge in [-0.25, -0.2) is 8.78 Å². The van der Waals surface area contributed by atoms with E-state index >= 15 is 8.78 Å². The number of imide groups is 1. The largest absolute Gasteiger partial charge is 0.496 e. The van der Waals surface area contributed by atoms with E-state index in [1.165, 1.54) is 0 Å². The van der Waals surface area contributed by atoms with Crippen molar-refractivity contribution in [3.8, 4) is 22.6 Å². The number of aromatic nitrogens is 1. The molecule has 0 saturated carbocycles. The molecular weight excluding hydrogens is 698 g/mol. The predicted octanol–water partition coefficient (Wildman–Crippen LogP) is 3.37. The van der Waals surface area contributed by atoms with Crippen LogP contribution in [0.25, 0.3) is 11.1 Å². The Labute approximate surface area is 312 Å². The lowest BCUT2D eigenvalue weighted by Gasteiger charge is -2.40. The summed E-state index contributed by atoms with van der Waals surface area (Å²) in [6, 6.07) is 10.9. The van der Waals surface area contributed by atoms with E-state index in [0.717, 1.165) is 27.8 Å². The number of carbonyl (C=O) groups excluding carboxylic acids is 3. The van der Waals surface area contributed by atoms with E-state index in [-0.39, 0.29) is 42.2 Å². The van der Waals surface area contributed by atoms with E-state index in [9.17, 15) is 19.2 Å². The lowest BCUT2D eigenvalue weighted by Crippen LogP contribution is -2.54. The van der Waals surface area contributed by atoms with Crippen molar-refractivity contribution in [2.45, 2.75) is 50.6 Å². The first-order valence-corrected chi connectivity index (χ1v) is 18.4. The number of alkyl halides is 2. The second-order valence-corrected chi connectivity index (χ2v) is 14.7. The van der Waals surface area contributed by atoms with Crippen molar-refractivity contribution in [3.63, 3.8) is 0 Å². The molecule has 286 valence electrons. The number of nitrogens with one attached hydrogen (secondary N) is 1. The Balaban J connectivity index is 0.927. The van der Waals surface area contributed by atoms with Crippen molar-refractivity contribution < 1.29 is 32.6 Å². The zero-order valence-corrected chi connectivity index (χ0v) is 30.9. The summed E-state index contributed by atoms with van der Waals surface area (Å²) in [5.74, 6) is -3.69. The topological polar surface area (TPSA) is 126 Å². The van der Waals surface area contributed by atoms with Gasteiger partial charge >= 0.3 is 0 Å². The van der Waals surface area contributed by atoms with E-state index in [2.05, 4.69) is 15.2 Å². The average Bonchev–Trinajstić information content (AvgIpc) is 3.65. The SMILES string of the molecule is COc1cc(-c2cn(C)c(=O)c3c2C=NC3)cc(OC)c1CN1CCN(C(=O)CN2CCC(c3ccc(CC4CCC(=O)NC4=O)cc3)C(F)(F)C2)CC1. The van der Waals surface area contributed by atoms with Gasteiger partial charge in [-0.05, 0) is 54.6 Å². The number of carbonyl (C=O) groups is 3. The highest BCUT2D eigenvalue weighted by Crippen LogP contribution is 2.41. The average molecular weight is 745 g/mol. The fourth-order valence-electron chi connectivity index (χ4n) is 8.20. The Hall–Kier alpha value is -4.95. The minimum absolute atomic E-state index is 0.0597. The number of pyridine rings is 1. The van der Waals surface area contributed by atoms with Crippen LogP contribution < -0.4 is 20.3 Å². The summed E-state index contributed by atoms with van der Waals surface area (Å²) in [6.07, 6.45) is 5.01. The number of hydrogen-bond acceptors (Lipinski definition) is 9. The van der Waals surface area contributed by atoms with Crippen molar-refractivity contribution in [2.24, 2.45) is 18.0 Å². The van der Waals surface area contributed by atoms with E-state index < -0.39 is 18.4 Å². The van der Waals surface area contributed by atoms with Crippen molar-refractivity contribution in [3.05, 3.63) is 80.8 Å². The molecule has 3 aromatic rings. The number of likely N-dealkylation sites (tertiary alicyclic amines) is 1. The fourth-order valence-corrected chi connectivity index (χ4v) is 8.20. The summed E-state index contributed by atoms with van der Waals surface area (Å²) in [5, 5.41) is 2.36. The molecule has 4 aliphatic rings. The number of piperazine rings is 1. The number of rotatable bonds is 10. The van der Waals surface area contributed by atoms with Crippen LogP contribution in [0.3, 0.4) is 0 Å². The molecule has 12 nitrogen and oxygen atoms in total. The first kappa shape index (κ1) is 37.4. The number of fused-ring (bicyclic) bond motifs is 1. The smallest absolute Gasteiger partial charge is 0.267 e. The van der Waals surface area contributed by atoms with Gasteiger partial charge in [0.15, 0.2) is 0 Å². The van der Waals surface area contributed by atoms with E-state index in [0.29, 0.717) is 87.7 Å². The molecule has 0 radical (unpaired) electrons. The van der Waals surface area contributed by atoms with Crippen molar-refractivity contribution in [1.82, 2.24) is 24.6 Å². The predicted molar refractivity (Wildman–Crippen MR) is 198 cm³/mol. The number of piperidine rings is 2. The molecule has 54 heavy (non-hydrogen) atoms. The van der Waals surface area contributed by atoms with Crippen LogP contribution in [0, 0.1) is 5.92 Å². The van der Waals surface area contributed by atoms with Gasteiger partial charge in [0.25, 0.3) is 11.5 Å². The third kappa shape index (κ3) is 7.67. The normalized spacial score (nSPS) is 21.5. The maximum Gasteiger partial charge on any atom is 0.267 e. The molecule has 2 atom stereocenters. The summed E-state index contributed by atoms with van der Waals surface area (Å²) >= 11 is 0. The van der Waals surface area contributed by atoms with Gasteiger partial charge in [-0.2, -0.15) is 0 Å². The molecule has 3 fully saturated rings. The van der Waals surface area contributed by atoms with Gasteiger partial charge in [-0.3, -0.25) is 39.3 Å². The number of aryl methyl sites for hydroxylation is 1. The van der Waals surface area contributed by atoms with Crippen LogP contribution in [0.5, 0.6) is 11.5 Å². The molecule has 0 spiro atoms. The first-order chi connectivity index (χ1) is 25.9. The summed E-state index contributed by atoms with van der Waals surface area (Å²) in [6.45, 7) is 2.86. The highest BCUT2D eigenvalue weighted by Gasteiger charge is 2.46. The van der Waals surface area contributed by atoms with E-state index in [1.807, 2.05) is 12.1 Å². The third-order valence-electron chi connectivity index (χ3n) is 11.3. The molecule has 4 aliphatic heterocycles. The minimum Gasteiger partial charge on any atom is -0.496 e. The number of methoxy groups -OCH3 is 2. The van der Waals surface area contributed by atoms with Crippen LogP contribution in [-0.4, -0.2) is 109 Å². The van der Waals surface area contributed by atoms with Crippen LogP contribution >= 0.6 is 0 Å². The zero-order valence-electron chi connectivity index (χ0n) is 30.9. The lowest BCUT2D eigenvalue weighted by atomic mass is 9.85. The van der Waals surface area contributed by atoms with Gasteiger partial charge in [0, 0.05) is 81.2 Å². The molecule has 14 heteroatoms. The molecule has 0 aliphatic carbocycles. The highest BCUT2D eigenvalue weighted by atomic mass is 19.3. The second-order valence-electron chi connectivity index (χ2n) is 14.7. The standard InChI is InChI=1S/C40H46F2N6O6/c1-45-21-31(29-19-43-20-30(29)39(45)52)28-17-34(53-2)32(35(18-28)54-3)22-46-12-14-48(15-13-46)37(50)23-47-11-10-33(40(41,42)24-47)26-6-4-25(5-7-26)16-27-8-9-36(49)44-38(27)51/h4-7,17-19,21,27,33H,8-16,20,22-24H2,1-3H3,(H,44,49,51). The molecule has 5 heterocycles. The summed E-state index contributed by atoms with van der Waals surface area (Å²) < 4.78 is 44.4. The summed E-state index contributed by atoms with van der Waals surface area (Å²) in [7, 11) is 4.95. The van der Waals surface area contributed by atoms with Crippen LogP contribution in [-0.2, 0) is 40.9 Å². The molecule has 7 rings (SSSR count). The molecule has 2 aromatic carbocycles. The third-order valence-corrected chi connectivity index (χ3v) is 11.3. The Bertz CT molecular complexity index is 2000. The number of amides is 3. The van der Waals surface area contributed by atoms with Gasteiger partial charge in [0.1, 0.15) is 11.5 Å². The van der Waals surface area contributed by atoms with Crippen molar-refractivity contribution in [2.75, 3.05) is 60.0 Å². The van der Waals surface area contributed by atoms with Gasteiger partial charge < -0.3 is 18.9 Å². The number of nitrogens with zero attached hydrogens (tertiary/aromatic N) is 5.